The minimum atomic E-state index is 0.285. The van der Waals surface area contributed by atoms with Gasteiger partial charge in [0.1, 0.15) is 0 Å². The van der Waals surface area contributed by atoms with Gasteiger partial charge in [-0.2, -0.15) is 0 Å². The largest absolute Gasteiger partial charge is 0.372 e. The lowest BCUT2D eigenvalue weighted by atomic mass is 10.00. The maximum Gasteiger partial charge on any atom is 0.162 e. The average Bonchev–Trinajstić information content (AvgIpc) is 2.93. The Labute approximate surface area is 122 Å². The lowest BCUT2D eigenvalue weighted by Crippen LogP contribution is -2.00. The summed E-state index contributed by atoms with van der Waals surface area (Å²) in [5.41, 5.74) is 3.29. The van der Waals surface area contributed by atoms with Gasteiger partial charge < -0.3 is 4.74 Å². The summed E-state index contributed by atoms with van der Waals surface area (Å²) in [6, 6.07) is 6.02. The molecule has 1 aliphatic heterocycles. The number of hydrogen-bond acceptors (Lipinski definition) is 2. The van der Waals surface area contributed by atoms with Gasteiger partial charge in [-0.05, 0) is 23.6 Å². The molecule has 20 heavy (non-hydrogen) atoms. The number of Topliss-reactive ketones (excluding diaryl/α,β-unsaturated/α-hetero) is 1. The molecule has 2 rings (SSSR count). The molecule has 0 unspecified atom stereocenters. The highest BCUT2D eigenvalue weighted by molar-refractivity contribution is 5.96. The Bertz CT molecular complexity index is 437. The lowest BCUT2D eigenvalue weighted by Gasteiger charge is -2.04. The van der Waals surface area contributed by atoms with Crippen molar-refractivity contribution in [3.05, 3.63) is 34.9 Å². The fourth-order valence-corrected chi connectivity index (χ4v) is 2.73. The van der Waals surface area contributed by atoms with Crippen molar-refractivity contribution in [1.29, 1.82) is 0 Å². The summed E-state index contributed by atoms with van der Waals surface area (Å²) in [5, 5.41) is 0. The summed E-state index contributed by atoms with van der Waals surface area (Å²) in [4.78, 5) is 12.1. The molecule has 1 aliphatic rings. The second-order valence-electron chi connectivity index (χ2n) is 5.77. The van der Waals surface area contributed by atoms with Crippen LogP contribution in [0, 0.1) is 0 Å². The fourth-order valence-electron chi connectivity index (χ4n) is 2.73. The zero-order chi connectivity index (χ0) is 14.2. The number of ether oxygens (including phenoxy) is 1. The molecule has 0 spiro atoms. The number of hydrogen-bond donors (Lipinski definition) is 0. The first-order chi connectivity index (χ1) is 9.81. The smallest absolute Gasteiger partial charge is 0.162 e. The Balaban J connectivity index is 1.67. The van der Waals surface area contributed by atoms with Crippen LogP contribution in [0.25, 0.3) is 0 Å². The molecule has 0 aliphatic carbocycles. The third-order valence-corrected chi connectivity index (χ3v) is 4.05. The SMILES string of the molecule is CCCCCCCCCC(=O)c1ccc2c(c1)COC2. The van der Waals surface area contributed by atoms with Crippen molar-refractivity contribution in [2.24, 2.45) is 0 Å². The van der Waals surface area contributed by atoms with Crippen molar-refractivity contribution in [3.8, 4) is 0 Å². The molecule has 0 bridgehead atoms. The Morgan fingerprint density at radius 2 is 1.70 bits per heavy atom. The van der Waals surface area contributed by atoms with Gasteiger partial charge in [-0.1, -0.05) is 57.6 Å². The van der Waals surface area contributed by atoms with Crippen molar-refractivity contribution in [2.75, 3.05) is 0 Å². The van der Waals surface area contributed by atoms with Gasteiger partial charge in [-0.15, -0.1) is 0 Å². The van der Waals surface area contributed by atoms with Gasteiger partial charge in [0, 0.05) is 12.0 Å². The molecular formula is C18H26O2. The topological polar surface area (TPSA) is 26.3 Å². The van der Waals surface area contributed by atoms with Crippen LogP contribution in [0.3, 0.4) is 0 Å². The van der Waals surface area contributed by atoms with Crippen LogP contribution in [0.15, 0.2) is 18.2 Å². The molecule has 0 saturated heterocycles. The molecule has 0 atom stereocenters. The van der Waals surface area contributed by atoms with E-state index in [0.29, 0.717) is 19.6 Å². The summed E-state index contributed by atoms with van der Waals surface area (Å²) in [6.45, 7) is 3.59. The molecule has 0 amide bonds. The highest BCUT2D eigenvalue weighted by Crippen LogP contribution is 2.22. The lowest BCUT2D eigenvalue weighted by molar-refractivity contribution is 0.0979. The molecule has 1 aromatic rings. The van der Waals surface area contributed by atoms with Crippen molar-refractivity contribution < 1.29 is 9.53 Å². The molecule has 0 saturated carbocycles. The first kappa shape index (κ1) is 15.2. The summed E-state index contributed by atoms with van der Waals surface area (Å²) in [6.07, 6.45) is 9.46. The van der Waals surface area contributed by atoms with Crippen LogP contribution in [0.2, 0.25) is 0 Å². The predicted molar refractivity (Wildman–Crippen MR) is 81.9 cm³/mol. The Kier molecular flexibility index (Phi) is 6.25. The van der Waals surface area contributed by atoms with Crippen LogP contribution < -0.4 is 0 Å². The maximum absolute atomic E-state index is 12.1. The Morgan fingerprint density at radius 1 is 1.00 bits per heavy atom. The second-order valence-corrected chi connectivity index (χ2v) is 5.77. The van der Waals surface area contributed by atoms with Crippen molar-refractivity contribution in [3.63, 3.8) is 0 Å². The van der Waals surface area contributed by atoms with Crippen LogP contribution in [0.1, 0.15) is 79.8 Å². The van der Waals surface area contributed by atoms with Gasteiger partial charge in [0.15, 0.2) is 5.78 Å². The minimum absolute atomic E-state index is 0.285. The van der Waals surface area contributed by atoms with Crippen LogP contribution in [-0.2, 0) is 18.0 Å². The summed E-state index contributed by atoms with van der Waals surface area (Å²) in [5.74, 6) is 0.285. The van der Waals surface area contributed by atoms with Crippen LogP contribution in [-0.4, -0.2) is 5.78 Å². The van der Waals surface area contributed by atoms with E-state index in [0.717, 1.165) is 12.0 Å². The standard InChI is InChI=1S/C18H26O2/c1-2-3-4-5-6-7-8-9-18(19)15-10-11-16-13-20-14-17(16)12-15/h10-12H,2-9,13-14H2,1H3. The predicted octanol–water partition coefficient (Wildman–Crippen LogP) is 5.04. The molecular weight excluding hydrogens is 248 g/mol. The van der Waals surface area contributed by atoms with Gasteiger partial charge in [0.25, 0.3) is 0 Å². The number of ketones is 1. The van der Waals surface area contributed by atoms with E-state index in [1.807, 2.05) is 18.2 Å². The van der Waals surface area contributed by atoms with E-state index in [1.165, 1.54) is 49.7 Å². The zero-order valence-corrected chi connectivity index (χ0v) is 12.6. The molecule has 110 valence electrons. The van der Waals surface area contributed by atoms with Gasteiger partial charge in [0.05, 0.1) is 13.2 Å². The quantitative estimate of drug-likeness (QED) is 0.466. The molecule has 0 fully saturated rings. The highest BCUT2D eigenvalue weighted by Gasteiger charge is 2.13. The Morgan fingerprint density at radius 3 is 2.50 bits per heavy atom. The highest BCUT2D eigenvalue weighted by atomic mass is 16.5. The Hall–Kier alpha value is -1.15. The van der Waals surface area contributed by atoms with Gasteiger partial charge in [-0.3, -0.25) is 4.79 Å². The fraction of sp³-hybridized carbons (Fsp3) is 0.611. The van der Waals surface area contributed by atoms with Crippen LogP contribution >= 0.6 is 0 Å². The number of unbranched alkanes of at least 4 members (excludes halogenated alkanes) is 6. The van der Waals surface area contributed by atoms with E-state index in [9.17, 15) is 4.79 Å². The summed E-state index contributed by atoms with van der Waals surface area (Å²) in [7, 11) is 0. The van der Waals surface area contributed by atoms with Crippen molar-refractivity contribution in [2.45, 2.75) is 71.5 Å². The van der Waals surface area contributed by atoms with E-state index < -0.39 is 0 Å². The molecule has 2 nitrogen and oxygen atoms in total. The zero-order valence-electron chi connectivity index (χ0n) is 12.6. The van der Waals surface area contributed by atoms with Gasteiger partial charge in [-0.25, -0.2) is 0 Å². The van der Waals surface area contributed by atoms with Crippen molar-refractivity contribution >= 4 is 5.78 Å². The molecule has 2 heteroatoms. The average molecular weight is 274 g/mol. The van der Waals surface area contributed by atoms with E-state index in [2.05, 4.69) is 6.92 Å². The summed E-state index contributed by atoms with van der Waals surface area (Å²) >= 11 is 0. The first-order valence-corrected chi connectivity index (χ1v) is 8.04. The maximum atomic E-state index is 12.1. The van der Waals surface area contributed by atoms with Gasteiger partial charge >= 0.3 is 0 Å². The van der Waals surface area contributed by atoms with E-state index >= 15 is 0 Å². The normalized spacial score (nSPS) is 13.4. The number of carbonyl (C=O) groups is 1. The first-order valence-electron chi connectivity index (χ1n) is 8.04. The minimum Gasteiger partial charge on any atom is -0.372 e. The van der Waals surface area contributed by atoms with E-state index in [1.54, 1.807) is 0 Å². The molecule has 1 heterocycles. The molecule has 1 aromatic carbocycles. The van der Waals surface area contributed by atoms with E-state index in [-0.39, 0.29) is 5.78 Å². The van der Waals surface area contributed by atoms with Crippen LogP contribution in [0.4, 0.5) is 0 Å². The van der Waals surface area contributed by atoms with Crippen LogP contribution in [0.5, 0.6) is 0 Å². The van der Waals surface area contributed by atoms with E-state index in [4.69, 9.17) is 4.74 Å². The third-order valence-electron chi connectivity index (χ3n) is 4.05. The summed E-state index contributed by atoms with van der Waals surface area (Å²) < 4.78 is 5.38. The number of fused-ring (bicyclic) bond motifs is 1. The van der Waals surface area contributed by atoms with Gasteiger partial charge in [0.2, 0.25) is 0 Å². The molecule has 0 radical (unpaired) electrons. The third kappa shape index (κ3) is 4.45. The molecule has 0 aromatic heterocycles. The molecule has 0 N–H and O–H groups in total. The second kappa shape index (κ2) is 8.21. The monoisotopic (exact) mass is 274 g/mol. The number of carbonyl (C=O) groups excluding carboxylic acids is 1. The number of rotatable bonds is 9. The van der Waals surface area contributed by atoms with Crippen molar-refractivity contribution in [1.82, 2.24) is 0 Å². The number of benzene rings is 1.